The first-order valence-electron chi connectivity index (χ1n) is 11.3. The van der Waals surface area contributed by atoms with E-state index in [0.717, 1.165) is 48.4 Å². The molecule has 1 N–H and O–H groups in total. The van der Waals surface area contributed by atoms with Crippen LogP contribution in [0.5, 0.6) is 5.75 Å². The molecule has 4 rings (SSSR count). The number of piperidine rings is 1. The number of aromatic nitrogens is 2. The Bertz CT molecular complexity index is 1100. The third kappa shape index (κ3) is 5.73. The van der Waals surface area contributed by atoms with E-state index in [-0.39, 0.29) is 17.8 Å². The van der Waals surface area contributed by atoms with Crippen LogP contribution in [-0.4, -0.2) is 34.4 Å². The summed E-state index contributed by atoms with van der Waals surface area (Å²) in [6.45, 7) is 3.71. The lowest BCUT2D eigenvalue weighted by atomic mass is 9.95. The molecule has 1 aliphatic heterocycles. The smallest absolute Gasteiger partial charge is 0.255 e. The molecule has 1 saturated heterocycles. The van der Waals surface area contributed by atoms with E-state index in [1.165, 1.54) is 6.07 Å². The molecule has 0 saturated carbocycles. The van der Waals surface area contributed by atoms with Crippen LogP contribution in [0.15, 0.2) is 54.7 Å². The lowest BCUT2D eigenvalue weighted by Crippen LogP contribution is -2.35. The lowest BCUT2D eigenvalue weighted by Gasteiger charge is -2.36. The summed E-state index contributed by atoms with van der Waals surface area (Å²) in [5.41, 5.74) is 3.12. The highest BCUT2D eigenvalue weighted by atomic mass is 19.1. The number of benzene rings is 2. The van der Waals surface area contributed by atoms with E-state index in [4.69, 9.17) is 9.72 Å². The zero-order chi connectivity index (χ0) is 23.2. The monoisotopic (exact) mass is 448 g/mol. The molecule has 0 unspecified atom stereocenters. The molecule has 1 aromatic heterocycles. The molecule has 2 aromatic carbocycles. The third-order valence-electron chi connectivity index (χ3n) is 6.00. The van der Waals surface area contributed by atoms with Crippen LogP contribution in [-0.2, 0) is 13.1 Å². The van der Waals surface area contributed by atoms with Crippen LogP contribution in [0.3, 0.4) is 0 Å². The van der Waals surface area contributed by atoms with E-state index >= 15 is 0 Å². The highest BCUT2D eigenvalue weighted by Gasteiger charge is 2.29. The van der Waals surface area contributed by atoms with Gasteiger partial charge in [-0.15, -0.1) is 0 Å². The number of aryl methyl sites for hydroxylation is 1. The van der Waals surface area contributed by atoms with Crippen LogP contribution in [0.4, 0.5) is 4.39 Å². The van der Waals surface area contributed by atoms with Crippen molar-refractivity contribution in [2.45, 2.75) is 45.3 Å². The summed E-state index contributed by atoms with van der Waals surface area (Å²) in [7, 11) is 1.62. The fourth-order valence-electron chi connectivity index (χ4n) is 4.30. The summed E-state index contributed by atoms with van der Waals surface area (Å²) in [5.74, 6) is 0.970. The van der Waals surface area contributed by atoms with Crippen molar-refractivity contribution in [1.82, 2.24) is 20.2 Å². The fraction of sp³-hybridized carbons (Fsp3) is 0.346. The normalized spacial score (nSPS) is 16.4. The van der Waals surface area contributed by atoms with Gasteiger partial charge in [-0.25, -0.2) is 14.4 Å². The Labute approximate surface area is 193 Å². The molecule has 172 valence electrons. The van der Waals surface area contributed by atoms with Gasteiger partial charge in [0, 0.05) is 19.3 Å². The van der Waals surface area contributed by atoms with Crippen LogP contribution in [0.2, 0.25) is 0 Å². The average Bonchev–Trinajstić information content (AvgIpc) is 2.83. The minimum Gasteiger partial charge on any atom is -0.497 e. The first-order valence-corrected chi connectivity index (χ1v) is 11.3. The fourth-order valence-corrected chi connectivity index (χ4v) is 4.30. The molecule has 0 aliphatic carbocycles. The topological polar surface area (TPSA) is 67.3 Å². The first-order chi connectivity index (χ1) is 16.0. The van der Waals surface area contributed by atoms with Gasteiger partial charge >= 0.3 is 0 Å². The molecule has 1 atom stereocenters. The molecule has 33 heavy (non-hydrogen) atoms. The number of rotatable bonds is 7. The average molecular weight is 449 g/mol. The van der Waals surface area contributed by atoms with Crippen molar-refractivity contribution in [3.05, 3.63) is 88.8 Å². The highest BCUT2D eigenvalue weighted by molar-refractivity contribution is 5.95. The Morgan fingerprint density at radius 2 is 2.00 bits per heavy atom. The first kappa shape index (κ1) is 22.9. The summed E-state index contributed by atoms with van der Waals surface area (Å²) < 4.78 is 18.9. The Kier molecular flexibility index (Phi) is 7.29. The predicted molar refractivity (Wildman–Crippen MR) is 124 cm³/mol. The van der Waals surface area contributed by atoms with Crippen LogP contribution in [0.1, 0.15) is 58.3 Å². The van der Waals surface area contributed by atoms with Gasteiger partial charge < -0.3 is 10.1 Å². The van der Waals surface area contributed by atoms with Gasteiger partial charge in [-0.1, -0.05) is 30.7 Å². The molecule has 0 radical (unpaired) electrons. The van der Waals surface area contributed by atoms with Gasteiger partial charge in [0.1, 0.15) is 17.4 Å². The number of nitrogens with zero attached hydrogens (tertiary/aromatic N) is 3. The lowest BCUT2D eigenvalue weighted by molar-refractivity contribution is 0.0939. The van der Waals surface area contributed by atoms with Gasteiger partial charge in [0.2, 0.25) is 0 Å². The third-order valence-corrected chi connectivity index (χ3v) is 6.00. The van der Waals surface area contributed by atoms with Gasteiger partial charge in [-0.3, -0.25) is 9.69 Å². The molecule has 0 bridgehead atoms. The molecular weight excluding hydrogens is 419 g/mol. The van der Waals surface area contributed by atoms with Crippen LogP contribution >= 0.6 is 0 Å². The molecule has 3 aromatic rings. The molecule has 7 heteroatoms. The van der Waals surface area contributed by atoms with E-state index in [9.17, 15) is 9.18 Å². The maximum Gasteiger partial charge on any atom is 0.255 e. The van der Waals surface area contributed by atoms with E-state index in [2.05, 4.69) is 15.2 Å². The minimum atomic E-state index is -0.238. The van der Waals surface area contributed by atoms with Crippen LogP contribution < -0.4 is 10.1 Å². The van der Waals surface area contributed by atoms with Crippen molar-refractivity contribution in [2.75, 3.05) is 13.7 Å². The van der Waals surface area contributed by atoms with Gasteiger partial charge in [-0.05, 0) is 61.7 Å². The Hall–Kier alpha value is -3.32. The van der Waals surface area contributed by atoms with Crippen molar-refractivity contribution < 1.29 is 13.9 Å². The maximum absolute atomic E-state index is 13.7. The van der Waals surface area contributed by atoms with E-state index in [0.29, 0.717) is 24.5 Å². The summed E-state index contributed by atoms with van der Waals surface area (Å²) in [6.07, 6.45) is 4.63. The van der Waals surface area contributed by atoms with Crippen molar-refractivity contribution >= 4 is 5.91 Å². The largest absolute Gasteiger partial charge is 0.497 e. The zero-order valence-electron chi connectivity index (χ0n) is 19.1. The second-order valence-electron chi connectivity index (χ2n) is 8.36. The number of ether oxygens (including phenoxy) is 1. The number of hydrogen-bond donors (Lipinski definition) is 1. The number of halogens is 1. The maximum atomic E-state index is 13.7. The zero-order valence-corrected chi connectivity index (χ0v) is 19.1. The number of hydrogen-bond acceptors (Lipinski definition) is 5. The van der Waals surface area contributed by atoms with E-state index < -0.39 is 0 Å². The highest BCUT2D eigenvalue weighted by Crippen LogP contribution is 2.33. The summed E-state index contributed by atoms with van der Waals surface area (Å²) in [4.78, 5) is 24.4. The molecule has 2 heterocycles. The second-order valence-corrected chi connectivity index (χ2v) is 8.36. The van der Waals surface area contributed by atoms with Gasteiger partial charge in [0.15, 0.2) is 0 Å². The van der Waals surface area contributed by atoms with Gasteiger partial charge in [0.05, 0.1) is 24.4 Å². The molecule has 1 amide bonds. The molecule has 1 aliphatic rings. The predicted octanol–water partition coefficient (Wildman–Crippen LogP) is 4.59. The molecule has 1 fully saturated rings. The number of nitrogens with one attached hydrogen (secondary N) is 1. The Balaban J connectivity index is 1.54. The number of methoxy groups -OCH3 is 1. The SMILES string of the molecule is COc1ccc(CNC(=O)c2cnc(C)nc2[C@H]2CCCCN2Cc2cccc(F)c2)cc1. The minimum absolute atomic E-state index is 0.0227. The van der Waals surface area contributed by atoms with E-state index in [1.54, 1.807) is 25.4 Å². The quantitative estimate of drug-likeness (QED) is 0.573. The Morgan fingerprint density at radius 3 is 2.76 bits per heavy atom. The van der Waals surface area contributed by atoms with Crippen molar-refractivity contribution in [3.8, 4) is 5.75 Å². The number of carbonyl (C=O) groups excluding carboxylic acids is 1. The molecule has 6 nitrogen and oxygen atoms in total. The summed E-state index contributed by atoms with van der Waals surface area (Å²) in [6, 6.07) is 14.3. The number of amides is 1. The van der Waals surface area contributed by atoms with Crippen LogP contribution in [0.25, 0.3) is 0 Å². The Morgan fingerprint density at radius 1 is 1.18 bits per heavy atom. The summed E-state index contributed by atoms with van der Waals surface area (Å²) >= 11 is 0. The number of carbonyl (C=O) groups is 1. The van der Waals surface area contributed by atoms with Crippen LogP contribution in [0, 0.1) is 12.7 Å². The van der Waals surface area contributed by atoms with Gasteiger partial charge in [-0.2, -0.15) is 0 Å². The summed E-state index contributed by atoms with van der Waals surface area (Å²) in [5, 5.41) is 3.00. The second kappa shape index (κ2) is 10.5. The van der Waals surface area contributed by atoms with Crippen molar-refractivity contribution in [2.24, 2.45) is 0 Å². The number of likely N-dealkylation sites (tertiary alicyclic amines) is 1. The van der Waals surface area contributed by atoms with Gasteiger partial charge in [0.25, 0.3) is 5.91 Å². The van der Waals surface area contributed by atoms with Crippen molar-refractivity contribution in [3.63, 3.8) is 0 Å². The van der Waals surface area contributed by atoms with Crippen molar-refractivity contribution in [1.29, 1.82) is 0 Å². The van der Waals surface area contributed by atoms with E-state index in [1.807, 2.05) is 37.3 Å². The molecule has 0 spiro atoms. The molecular formula is C26H29FN4O2. The standard InChI is InChI=1S/C26H29FN4O2/c1-18-28-16-23(26(32)29-15-19-9-11-22(33-2)12-10-19)25(30-18)24-8-3-4-13-31(24)17-20-6-5-7-21(27)14-20/h5-7,9-12,14,16,24H,3-4,8,13,15,17H2,1-2H3,(H,29,32)/t24-/m1/s1.